The molecule has 6 N–H and O–H groups in total. The Morgan fingerprint density at radius 1 is 0.803 bits per heavy atom. The highest BCUT2D eigenvalue weighted by Crippen LogP contribution is 2.37. The molecule has 20 nitrogen and oxygen atoms in total. The van der Waals surface area contributed by atoms with Gasteiger partial charge in [0, 0.05) is 92.2 Å². The van der Waals surface area contributed by atoms with Gasteiger partial charge < -0.3 is 34.5 Å². The first kappa shape index (κ1) is 52.9. The summed E-state index contributed by atoms with van der Waals surface area (Å²) in [6.45, 7) is 16.3. The van der Waals surface area contributed by atoms with Gasteiger partial charge in [-0.25, -0.2) is 18.5 Å². The number of imide groups is 2. The second kappa shape index (κ2) is 24.5. The van der Waals surface area contributed by atoms with E-state index in [0.29, 0.717) is 93.5 Å². The summed E-state index contributed by atoms with van der Waals surface area (Å²) >= 11 is 0. The number of sulfonamides is 1. The number of hydrogen-bond acceptors (Lipinski definition) is 17. The Morgan fingerprint density at radius 2 is 1.46 bits per heavy atom. The summed E-state index contributed by atoms with van der Waals surface area (Å²) in [4.78, 5) is 66.0. The van der Waals surface area contributed by atoms with Crippen LogP contribution in [0.2, 0.25) is 0 Å². The van der Waals surface area contributed by atoms with Crippen LogP contribution in [0.1, 0.15) is 73.1 Å². The van der Waals surface area contributed by atoms with Gasteiger partial charge in [0.1, 0.15) is 17.9 Å². The quantitative estimate of drug-likeness (QED) is 0.0493. The van der Waals surface area contributed by atoms with Crippen molar-refractivity contribution < 1.29 is 46.5 Å². The van der Waals surface area contributed by atoms with E-state index in [2.05, 4.69) is 48.2 Å². The van der Waals surface area contributed by atoms with E-state index in [1.807, 2.05) is 45.9 Å². The number of benzene rings is 3. The molecule has 0 saturated carbocycles. The molecule has 3 aromatic carbocycles. The van der Waals surface area contributed by atoms with E-state index in [0.717, 1.165) is 61.0 Å². The van der Waals surface area contributed by atoms with Gasteiger partial charge in [0.05, 0.1) is 51.1 Å². The van der Waals surface area contributed by atoms with E-state index >= 15 is 0 Å². The Bertz CT molecular complexity index is 2600. The van der Waals surface area contributed by atoms with Crippen LogP contribution in [0.3, 0.4) is 0 Å². The third-order valence-electron chi connectivity index (χ3n) is 12.4. The number of carbonyl (C=O) groups excluding carboxylic acids is 4. The van der Waals surface area contributed by atoms with Crippen molar-refractivity contribution in [2.45, 2.75) is 69.4 Å². The van der Waals surface area contributed by atoms with E-state index in [1.54, 1.807) is 36.5 Å². The number of nitrogens with zero attached hydrogens (tertiary/aromatic N) is 5. The van der Waals surface area contributed by atoms with Crippen LogP contribution in [-0.2, 0) is 48.8 Å². The fourth-order valence-electron chi connectivity index (χ4n) is 8.81. The molecule has 7 rings (SSSR count). The van der Waals surface area contributed by atoms with Gasteiger partial charge in [-0.2, -0.15) is 4.98 Å². The van der Waals surface area contributed by atoms with Crippen molar-refractivity contribution in [3.63, 3.8) is 0 Å². The summed E-state index contributed by atoms with van der Waals surface area (Å²) in [5, 5.41) is 17.6. The average Bonchev–Trinajstić information content (AvgIpc) is 3.34. The molecule has 4 aromatic rings. The molecule has 3 aliphatic heterocycles. The van der Waals surface area contributed by atoms with E-state index in [1.165, 1.54) is 6.07 Å². The maximum Gasteiger partial charge on any atom is 0.261 e. The molecule has 4 heterocycles. The number of fused-ring (bicyclic) bond motifs is 1. The minimum Gasteiger partial charge on any atom is -0.379 e. The minimum atomic E-state index is -3.95. The number of ether oxygens (including phenoxy) is 4. The Morgan fingerprint density at radius 3 is 2.13 bits per heavy atom. The summed E-state index contributed by atoms with van der Waals surface area (Å²) in [7, 11) is -3.95. The number of hydrogen-bond donors (Lipinski definition) is 5. The third-order valence-corrected chi connectivity index (χ3v) is 13.3. The second-order valence-corrected chi connectivity index (χ2v) is 20.1. The molecule has 3 aliphatic rings. The first-order valence-corrected chi connectivity index (χ1v) is 25.6. The van der Waals surface area contributed by atoms with Gasteiger partial charge in [0.25, 0.3) is 11.8 Å². The van der Waals surface area contributed by atoms with Crippen molar-refractivity contribution in [1.82, 2.24) is 30.4 Å². The van der Waals surface area contributed by atoms with Crippen LogP contribution in [0.5, 0.6) is 0 Å². The predicted molar refractivity (Wildman–Crippen MR) is 267 cm³/mol. The zero-order chi connectivity index (χ0) is 50.5. The van der Waals surface area contributed by atoms with Gasteiger partial charge in [-0.15, -0.1) is 0 Å². The van der Waals surface area contributed by atoms with E-state index < -0.39 is 51.2 Å². The molecule has 2 fully saturated rings. The Labute approximate surface area is 415 Å². The largest absolute Gasteiger partial charge is 0.379 e. The lowest BCUT2D eigenvalue weighted by Gasteiger charge is -2.38. The molecule has 4 amide bonds. The molecule has 2 saturated heterocycles. The van der Waals surface area contributed by atoms with Crippen molar-refractivity contribution in [3.8, 4) is 0 Å². The Kier molecular flexibility index (Phi) is 18.2. The molecule has 0 bridgehead atoms. The zero-order valence-corrected chi connectivity index (χ0v) is 41.7. The fraction of sp³-hybridized carbons (Fsp3) is 0.480. The van der Waals surface area contributed by atoms with Crippen LogP contribution < -0.4 is 31.3 Å². The highest BCUT2D eigenvalue weighted by Gasteiger charge is 2.45. The number of aromatic nitrogens is 2. The number of nitrogens with two attached hydrogens (primary N) is 1. The van der Waals surface area contributed by atoms with Crippen molar-refractivity contribution in [2.75, 3.05) is 108 Å². The number of piperazine rings is 1. The standard InChI is InChI=1S/C50H66N10O10S/c1-34-33-53-49(57-45(34)55-39-11-7-12-41(71(51,65)66)43(39)50(2,3)4)54-35-13-15-36(16-14-35)59-23-21-58(22-24-59)20-8-25-67-27-29-69-31-32-70-30-28-68-26-19-52-44-37-9-5-6-10-38(37)47(63)60(48(44)64)40-17-18-42(61)56-46(40)62/h5-7,9-16,33,40,44,52H,8,17-32H2,1-4H3,(H2,51,65,66)(H,56,61,62)(H2,53,54,55,57). The second-order valence-electron chi connectivity index (χ2n) is 18.6. The Hall–Kier alpha value is -5.91. The molecule has 2 unspecified atom stereocenters. The number of amides is 4. The smallest absolute Gasteiger partial charge is 0.261 e. The van der Waals surface area contributed by atoms with Gasteiger partial charge in [-0.1, -0.05) is 45.0 Å². The summed E-state index contributed by atoms with van der Waals surface area (Å²) in [5.41, 5.74) is 4.33. The molecule has 21 heteroatoms. The highest BCUT2D eigenvalue weighted by molar-refractivity contribution is 7.89. The molecule has 1 aromatic heterocycles. The lowest BCUT2D eigenvalue weighted by molar-refractivity contribution is -0.144. The van der Waals surface area contributed by atoms with Crippen molar-refractivity contribution in [1.29, 1.82) is 0 Å². The molecule has 0 radical (unpaired) electrons. The number of rotatable bonds is 24. The number of anilines is 5. The molecule has 0 spiro atoms. The maximum atomic E-state index is 13.5. The summed E-state index contributed by atoms with van der Waals surface area (Å²) in [6, 6.07) is 18.1. The number of nitrogens with one attached hydrogen (secondary N) is 4. The van der Waals surface area contributed by atoms with Gasteiger partial charge >= 0.3 is 0 Å². The van der Waals surface area contributed by atoms with Crippen LogP contribution in [-0.4, -0.2) is 150 Å². The number of aryl methyl sites for hydroxylation is 1. The molecular weight excluding hydrogens is 933 g/mol. The van der Waals surface area contributed by atoms with Crippen molar-refractivity contribution in [3.05, 3.63) is 95.2 Å². The molecule has 71 heavy (non-hydrogen) atoms. The van der Waals surface area contributed by atoms with Crippen LogP contribution in [0.15, 0.2) is 77.8 Å². The maximum absolute atomic E-state index is 13.5. The zero-order valence-electron chi connectivity index (χ0n) is 40.9. The topological polar surface area (TPSA) is 249 Å². The first-order chi connectivity index (χ1) is 34.1. The van der Waals surface area contributed by atoms with Crippen LogP contribution in [0.25, 0.3) is 0 Å². The molecule has 0 aliphatic carbocycles. The number of piperidine rings is 1. The van der Waals surface area contributed by atoms with E-state index in [9.17, 15) is 27.6 Å². The summed E-state index contributed by atoms with van der Waals surface area (Å²) in [5.74, 6) is -1.20. The van der Waals surface area contributed by atoms with E-state index in [4.69, 9.17) is 29.1 Å². The van der Waals surface area contributed by atoms with E-state index in [-0.39, 0.29) is 17.7 Å². The molecule has 2 atom stereocenters. The number of carbonyl (C=O) groups is 4. The lowest BCUT2D eigenvalue weighted by Crippen LogP contribution is -2.60. The number of primary sulfonamides is 1. The van der Waals surface area contributed by atoms with Gasteiger partial charge in [-0.05, 0) is 73.2 Å². The van der Waals surface area contributed by atoms with Crippen LogP contribution in [0.4, 0.5) is 28.8 Å². The lowest BCUT2D eigenvalue weighted by atomic mass is 9.85. The van der Waals surface area contributed by atoms with Crippen LogP contribution >= 0.6 is 0 Å². The normalized spacial score (nSPS) is 17.9. The van der Waals surface area contributed by atoms with Gasteiger partial charge in [0.2, 0.25) is 27.8 Å². The van der Waals surface area contributed by atoms with Crippen molar-refractivity contribution >= 4 is 62.5 Å². The summed E-state index contributed by atoms with van der Waals surface area (Å²) < 4.78 is 47.6. The van der Waals surface area contributed by atoms with Gasteiger partial charge in [-0.3, -0.25) is 39.6 Å². The average molecular weight is 999 g/mol. The monoisotopic (exact) mass is 998 g/mol. The predicted octanol–water partition coefficient (Wildman–Crippen LogP) is 3.91. The minimum absolute atomic E-state index is 0.0524. The van der Waals surface area contributed by atoms with Gasteiger partial charge in [0.15, 0.2) is 0 Å². The highest BCUT2D eigenvalue weighted by atomic mass is 32.2. The van der Waals surface area contributed by atoms with Crippen molar-refractivity contribution in [2.24, 2.45) is 5.14 Å². The molecular formula is C50H66N10O10S. The summed E-state index contributed by atoms with van der Waals surface area (Å²) in [6.07, 6.45) is 2.79. The third kappa shape index (κ3) is 14.2. The Balaban J connectivity index is 0.710. The SMILES string of the molecule is Cc1cnc(Nc2ccc(N3CCN(CCCOCCOCCOCCOCCNC4C(=O)N(C5CCC(=O)NC5=O)C(=O)c5ccccc54)CC3)cc2)nc1Nc1cccc(S(N)(=O)=O)c1C(C)(C)C. The first-order valence-electron chi connectivity index (χ1n) is 24.0. The van der Waals surface area contributed by atoms with Crippen LogP contribution in [0, 0.1) is 6.92 Å². The fourth-order valence-corrected chi connectivity index (χ4v) is 9.78. The molecule has 382 valence electrons.